The lowest BCUT2D eigenvalue weighted by Crippen LogP contribution is -2.06. The molecule has 5 heteroatoms. The van der Waals surface area contributed by atoms with Crippen LogP contribution in [0.15, 0.2) is 35.3 Å². The summed E-state index contributed by atoms with van der Waals surface area (Å²) in [5.74, 6) is 1.75. The first-order chi connectivity index (χ1) is 8.24. The molecular formula is C12H12N2O3. The lowest BCUT2D eigenvalue weighted by molar-refractivity contribution is 0.404. The van der Waals surface area contributed by atoms with Gasteiger partial charge in [0, 0.05) is 12.3 Å². The third-order valence-electron chi connectivity index (χ3n) is 2.33. The SMILES string of the molecule is COc1ccc(OC)c(-c2nccc(=O)[nH]2)c1. The average Bonchev–Trinajstić information content (AvgIpc) is 2.38. The molecule has 17 heavy (non-hydrogen) atoms. The van der Waals surface area contributed by atoms with Gasteiger partial charge in [-0.3, -0.25) is 4.79 Å². The maximum atomic E-state index is 11.3. The standard InChI is InChI=1S/C12H12N2O3/c1-16-8-3-4-10(17-2)9(7-8)12-13-6-5-11(15)14-12/h3-7H,1-2H3,(H,13,14,15). The van der Waals surface area contributed by atoms with Gasteiger partial charge in [-0.2, -0.15) is 0 Å². The van der Waals surface area contributed by atoms with Gasteiger partial charge in [0.05, 0.1) is 19.8 Å². The van der Waals surface area contributed by atoms with Gasteiger partial charge in [-0.25, -0.2) is 4.98 Å². The number of hydrogen-bond donors (Lipinski definition) is 1. The number of H-pyrrole nitrogens is 1. The topological polar surface area (TPSA) is 64.2 Å². The summed E-state index contributed by atoms with van der Waals surface area (Å²) in [7, 11) is 3.14. The summed E-state index contributed by atoms with van der Waals surface area (Å²) in [6, 6.07) is 6.66. The van der Waals surface area contributed by atoms with Gasteiger partial charge in [-0.15, -0.1) is 0 Å². The number of aromatic nitrogens is 2. The van der Waals surface area contributed by atoms with E-state index in [1.165, 1.54) is 12.3 Å². The van der Waals surface area contributed by atoms with Crippen LogP contribution in [0.25, 0.3) is 11.4 Å². The molecule has 1 aromatic carbocycles. The van der Waals surface area contributed by atoms with Crippen LogP contribution in [0.5, 0.6) is 11.5 Å². The molecule has 0 atom stereocenters. The molecule has 0 saturated heterocycles. The van der Waals surface area contributed by atoms with E-state index in [1.807, 2.05) is 0 Å². The van der Waals surface area contributed by atoms with Gasteiger partial charge in [-0.1, -0.05) is 0 Å². The smallest absolute Gasteiger partial charge is 0.251 e. The van der Waals surface area contributed by atoms with E-state index in [1.54, 1.807) is 32.4 Å². The van der Waals surface area contributed by atoms with Gasteiger partial charge in [0.2, 0.25) is 0 Å². The van der Waals surface area contributed by atoms with Crippen molar-refractivity contribution in [1.29, 1.82) is 0 Å². The molecule has 0 bridgehead atoms. The minimum Gasteiger partial charge on any atom is -0.497 e. The van der Waals surface area contributed by atoms with Crippen molar-refractivity contribution in [3.63, 3.8) is 0 Å². The summed E-state index contributed by atoms with van der Waals surface area (Å²) < 4.78 is 10.4. The van der Waals surface area contributed by atoms with Crippen molar-refractivity contribution in [2.45, 2.75) is 0 Å². The predicted octanol–water partition coefficient (Wildman–Crippen LogP) is 1.45. The number of rotatable bonds is 3. The van der Waals surface area contributed by atoms with E-state index in [4.69, 9.17) is 9.47 Å². The normalized spacial score (nSPS) is 10.0. The van der Waals surface area contributed by atoms with Crippen molar-refractivity contribution in [3.05, 3.63) is 40.8 Å². The highest BCUT2D eigenvalue weighted by atomic mass is 16.5. The van der Waals surface area contributed by atoms with Crippen LogP contribution in [0.3, 0.4) is 0 Å². The lowest BCUT2D eigenvalue weighted by atomic mass is 10.1. The summed E-state index contributed by atoms with van der Waals surface area (Å²) in [6.07, 6.45) is 1.45. The van der Waals surface area contributed by atoms with Crippen LogP contribution in [0.2, 0.25) is 0 Å². The van der Waals surface area contributed by atoms with Crippen LogP contribution in [-0.2, 0) is 0 Å². The number of methoxy groups -OCH3 is 2. The summed E-state index contributed by atoms with van der Waals surface area (Å²) >= 11 is 0. The fraction of sp³-hybridized carbons (Fsp3) is 0.167. The zero-order chi connectivity index (χ0) is 12.3. The molecule has 0 saturated carbocycles. The van der Waals surface area contributed by atoms with Crippen molar-refractivity contribution < 1.29 is 9.47 Å². The molecule has 0 radical (unpaired) electrons. The number of hydrogen-bond acceptors (Lipinski definition) is 4. The van der Waals surface area contributed by atoms with E-state index in [2.05, 4.69) is 9.97 Å². The van der Waals surface area contributed by atoms with Crippen LogP contribution in [-0.4, -0.2) is 24.2 Å². The number of nitrogens with one attached hydrogen (secondary N) is 1. The van der Waals surface area contributed by atoms with Crippen LogP contribution < -0.4 is 15.0 Å². The molecule has 5 nitrogen and oxygen atoms in total. The van der Waals surface area contributed by atoms with Gasteiger partial charge in [0.1, 0.15) is 17.3 Å². The minimum atomic E-state index is -0.208. The fourth-order valence-electron chi connectivity index (χ4n) is 1.51. The molecule has 0 spiro atoms. The maximum Gasteiger partial charge on any atom is 0.251 e. The zero-order valence-corrected chi connectivity index (χ0v) is 9.56. The third-order valence-corrected chi connectivity index (χ3v) is 2.33. The number of nitrogens with zero attached hydrogens (tertiary/aromatic N) is 1. The molecule has 1 heterocycles. The van der Waals surface area contributed by atoms with E-state index in [0.717, 1.165) is 0 Å². The quantitative estimate of drug-likeness (QED) is 0.870. The molecule has 1 aromatic heterocycles. The van der Waals surface area contributed by atoms with Gasteiger partial charge < -0.3 is 14.5 Å². The molecule has 0 aliphatic carbocycles. The van der Waals surface area contributed by atoms with Gasteiger partial charge in [-0.05, 0) is 18.2 Å². The van der Waals surface area contributed by atoms with Crippen LogP contribution in [0.1, 0.15) is 0 Å². The summed E-state index contributed by atoms with van der Waals surface area (Å²) in [6.45, 7) is 0. The van der Waals surface area contributed by atoms with Crippen LogP contribution >= 0.6 is 0 Å². The molecule has 2 rings (SSSR count). The Morgan fingerprint density at radius 1 is 1.18 bits per heavy atom. The largest absolute Gasteiger partial charge is 0.497 e. The molecule has 88 valence electrons. The molecule has 2 aromatic rings. The highest BCUT2D eigenvalue weighted by molar-refractivity contribution is 5.66. The number of benzene rings is 1. The summed E-state index contributed by atoms with van der Waals surface area (Å²) in [5.41, 5.74) is 0.476. The Kier molecular flexibility index (Phi) is 3.09. The Balaban J connectivity index is 2.59. The van der Waals surface area contributed by atoms with E-state index in [-0.39, 0.29) is 5.56 Å². The molecule has 0 aliphatic heterocycles. The third kappa shape index (κ3) is 2.28. The second-order valence-corrected chi connectivity index (χ2v) is 3.35. The van der Waals surface area contributed by atoms with Gasteiger partial charge in [0.25, 0.3) is 5.56 Å². The van der Waals surface area contributed by atoms with Gasteiger partial charge in [0.15, 0.2) is 0 Å². The first-order valence-electron chi connectivity index (χ1n) is 5.02. The molecule has 1 N–H and O–H groups in total. The Labute approximate surface area is 98.0 Å². The first kappa shape index (κ1) is 11.2. The Morgan fingerprint density at radius 3 is 2.65 bits per heavy atom. The van der Waals surface area contributed by atoms with Crippen molar-refractivity contribution in [1.82, 2.24) is 9.97 Å². The highest BCUT2D eigenvalue weighted by Gasteiger charge is 2.09. The molecule has 0 fully saturated rings. The van der Waals surface area contributed by atoms with Crippen molar-refractivity contribution in [3.8, 4) is 22.9 Å². The maximum absolute atomic E-state index is 11.3. The number of ether oxygens (including phenoxy) is 2. The first-order valence-corrected chi connectivity index (χ1v) is 5.02. The monoisotopic (exact) mass is 232 g/mol. The van der Waals surface area contributed by atoms with E-state index >= 15 is 0 Å². The zero-order valence-electron chi connectivity index (χ0n) is 9.56. The second kappa shape index (κ2) is 4.69. The number of aromatic amines is 1. The van der Waals surface area contributed by atoms with Crippen LogP contribution in [0, 0.1) is 0 Å². The van der Waals surface area contributed by atoms with Crippen molar-refractivity contribution >= 4 is 0 Å². The Bertz CT molecular complexity index is 578. The Morgan fingerprint density at radius 2 is 2.00 bits per heavy atom. The summed E-state index contributed by atoms with van der Waals surface area (Å²) in [5, 5.41) is 0. The fourth-order valence-corrected chi connectivity index (χ4v) is 1.51. The van der Waals surface area contributed by atoms with E-state index in [0.29, 0.717) is 22.9 Å². The van der Waals surface area contributed by atoms with Crippen molar-refractivity contribution in [2.24, 2.45) is 0 Å². The summed E-state index contributed by atoms with van der Waals surface area (Å²) in [4.78, 5) is 18.0. The lowest BCUT2D eigenvalue weighted by Gasteiger charge is -2.09. The minimum absolute atomic E-state index is 0.208. The highest BCUT2D eigenvalue weighted by Crippen LogP contribution is 2.30. The van der Waals surface area contributed by atoms with E-state index in [9.17, 15) is 4.79 Å². The van der Waals surface area contributed by atoms with Crippen LogP contribution in [0.4, 0.5) is 0 Å². The second-order valence-electron chi connectivity index (χ2n) is 3.35. The predicted molar refractivity (Wildman–Crippen MR) is 63.4 cm³/mol. The Hall–Kier alpha value is -2.30. The van der Waals surface area contributed by atoms with E-state index < -0.39 is 0 Å². The molecule has 0 unspecified atom stereocenters. The molecule has 0 amide bonds. The van der Waals surface area contributed by atoms with Crippen molar-refractivity contribution in [2.75, 3.05) is 14.2 Å². The molecular weight excluding hydrogens is 220 g/mol. The van der Waals surface area contributed by atoms with Gasteiger partial charge >= 0.3 is 0 Å². The molecule has 0 aliphatic rings. The average molecular weight is 232 g/mol.